The molecule has 0 aromatic heterocycles. The van der Waals surface area contributed by atoms with Crippen molar-refractivity contribution in [1.82, 2.24) is 0 Å². The fourth-order valence-corrected chi connectivity index (χ4v) is 3.49. The van der Waals surface area contributed by atoms with Crippen molar-refractivity contribution in [2.45, 2.75) is 32.2 Å². The van der Waals surface area contributed by atoms with Crippen LogP contribution in [-0.2, 0) is 12.8 Å². The van der Waals surface area contributed by atoms with Crippen LogP contribution in [0.3, 0.4) is 0 Å². The first-order valence-electron chi connectivity index (χ1n) is 7.39. The fraction of sp³-hybridized carbons (Fsp3) is 0.333. The van der Waals surface area contributed by atoms with E-state index in [1.165, 1.54) is 22.3 Å². The lowest BCUT2D eigenvalue weighted by Gasteiger charge is -2.14. The smallest absolute Gasteiger partial charge is 0.122 e. The molecule has 0 fully saturated rings. The molecule has 2 aromatic rings. The van der Waals surface area contributed by atoms with Crippen molar-refractivity contribution in [3.05, 3.63) is 63.1 Å². The number of hydrogen-bond donors (Lipinski definition) is 1. The Morgan fingerprint density at radius 2 is 2.10 bits per heavy atom. The van der Waals surface area contributed by atoms with Gasteiger partial charge in [0, 0.05) is 16.9 Å². The third kappa shape index (κ3) is 3.47. The molecule has 1 heterocycles. The first kappa shape index (κ1) is 14.6. The van der Waals surface area contributed by atoms with Crippen molar-refractivity contribution in [2.24, 2.45) is 5.73 Å². The highest BCUT2D eigenvalue weighted by Gasteiger charge is 2.13. The van der Waals surface area contributed by atoms with E-state index in [9.17, 15) is 0 Å². The van der Waals surface area contributed by atoms with Gasteiger partial charge in [0.1, 0.15) is 5.75 Å². The predicted molar refractivity (Wildman–Crippen MR) is 89.8 cm³/mol. The van der Waals surface area contributed by atoms with Crippen LogP contribution in [0.4, 0.5) is 0 Å². The second-order valence-electron chi connectivity index (χ2n) is 5.75. The molecule has 0 radical (unpaired) electrons. The molecule has 1 atom stereocenters. The number of rotatable bonds is 4. The minimum absolute atomic E-state index is 0.0747. The molecule has 2 nitrogen and oxygen atoms in total. The maximum absolute atomic E-state index is 6.35. The minimum Gasteiger partial charge on any atom is -0.493 e. The summed E-state index contributed by atoms with van der Waals surface area (Å²) in [5.74, 6) is 1.05. The zero-order valence-electron chi connectivity index (χ0n) is 12.2. The summed E-state index contributed by atoms with van der Waals surface area (Å²) in [4.78, 5) is 0. The molecule has 3 heteroatoms. The Labute approximate surface area is 134 Å². The molecule has 0 aliphatic carbocycles. The molecular formula is C18H20BrNO. The summed E-state index contributed by atoms with van der Waals surface area (Å²) in [5, 5.41) is 0. The predicted octanol–water partition coefficient (Wildman–Crippen LogP) is 4.33. The van der Waals surface area contributed by atoms with Crippen LogP contribution in [0.25, 0.3) is 0 Å². The van der Waals surface area contributed by atoms with Gasteiger partial charge in [-0.1, -0.05) is 34.1 Å². The van der Waals surface area contributed by atoms with E-state index in [0.29, 0.717) is 0 Å². The maximum Gasteiger partial charge on any atom is 0.122 e. The Bertz CT molecular complexity index is 633. The van der Waals surface area contributed by atoms with Crippen molar-refractivity contribution in [1.29, 1.82) is 0 Å². The summed E-state index contributed by atoms with van der Waals surface area (Å²) in [6, 6.07) is 13.0. The Balaban J connectivity index is 1.66. The van der Waals surface area contributed by atoms with Gasteiger partial charge in [-0.15, -0.1) is 0 Å². The fourth-order valence-electron chi connectivity index (χ4n) is 2.86. The number of fused-ring (bicyclic) bond motifs is 1. The zero-order chi connectivity index (χ0) is 14.8. The average molecular weight is 346 g/mol. The highest BCUT2D eigenvalue weighted by Crippen LogP contribution is 2.27. The van der Waals surface area contributed by atoms with E-state index in [-0.39, 0.29) is 6.04 Å². The van der Waals surface area contributed by atoms with Crippen molar-refractivity contribution < 1.29 is 4.74 Å². The third-order valence-corrected chi connectivity index (χ3v) is 4.45. The highest BCUT2D eigenvalue weighted by molar-refractivity contribution is 9.10. The minimum atomic E-state index is 0.0747. The Hall–Kier alpha value is -1.32. The van der Waals surface area contributed by atoms with Gasteiger partial charge in [0.15, 0.2) is 0 Å². The Morgan fingerprint density at radius 1 is 1.24 bits per heavy atom. The van der Waals surface area contributed by atoms with Gasteiger partial charge in [-0.3, -0.25) is 0 Å². The molecule has 21 heavy (non-hydrogen) atoms. The number of ether oxygens (including phenoxy) is 1. The third-order valence-electron chi connectivity index (χ3n) is 3.99. The van der Waals surface area contributed by atoms with Crippen LogP contribution in [-0.4, -0.2) is 6.61 Å². The van der Waals surface area contributed by atoms with Gasteiger partial charge < -0.3 is 10.5 Å². The zero-order valence-corrected chi connectivity index (χ0v) is 13.8. The quantitative estimate of drug-likeness (QED) is 0.895. The number of benzene rings is 2. The molecule has 3 rings (SSSR count). The van der Waals surface area contributed by atoms with Gasteiger partial charge in [0.05, 0.1) is 6.61 Å². The first-order chi connectivity index (χ1) is 10.1. The molecule has 1 aliphatic rings. The molecule has 1 aliphatic heterocycles. The summed E-state index contributed by atoms with van der Waals surface area (Å²) in [6.45, 7) is 2.91. The van der Waals surface area contributed by atoms with Gasteiger partial charge in [-0.05, 0) is 60.2 Å². The lowest BCUT2D eigenvalue weighted by Crippen LogP contribution is -2.11. The SMILES string of the molecule is Cc1cc(Br)cc(C(N)CCc2ccc3c(c2)CCO3)c1. The van der Waals surface area contributed by atoms with E-state index in [4.69, 9.17) is 10.5 Å². The molecule has 1 unspecified atom stereocenters. The molecule has 0 saturated heterocycles. The molecule has 0 amide bonds. The van der Waals surface area contributed by atoms with Crippen LogP contribution in [0, 0.1) is 6.92 Å². The van der Waals surface area contributed by atoms with Crippen LogP contribution in [0.15, 0.2) is 40.9 Å². The van der Waals surface area contributed by atoms with E-state index in [1.807, 2.05) is 0 Å². The summed E-state index contributed by atoms with van der Waals surface area (Å²) in [5.41, 5.74) is 11.5. The molecule has 2 aromatic carbocycles. The van der Waals surface area contributed by atoms with Crippen LogP contribution >= 0.6 is 15.9 Å². The van der Waals surface area contributed by atoms with E-state index in [2.05, 4.69) is 59.3 Å². The lowest BCUT2D eigenvalue weighted by molar-refractivity contribution is 0.357. The maximum atomic E-state index is 6.35. The van der Waals surface area contributed by atoms with Crippen molar-refractivity contribution >= 4 is 15.9 Å². The van der Waals surface area contributed by atoms with Crippen LogP contribution in [0.5, 0.6) is 5.75 Å². The van der Waals surface area contributed by atoms with E-state index >= 15 is 0 Å². The number of halogens is 1. The first-order valence-corrected chi connectivity index (χ1v) is 8.18. The summed E-state index contributed by atoms with van der Waals surface area (Å²) >= 11 is 3.54. The molecule has 0 spiro atoms. The second-order valence-corrected chi connectivity index (χ2v) is 6.66. The number of nitrogens with two attached hydrogens (primary N) is 1. The number of hydrogen-bond acceptors (Lipinski definition) is 2. The van der Waals surface area contributed by atoms with Gasteiger partial charge in [-0.2, -0.15) is 0 Å². The summed E-state index contributed by atoms with van der Waals surface area (Å²) in [7, 11) is 0. The summed E-state index contributed by atoms with van der Waals surface area (Å²) in [6.07, 6.45) is 2.98. The summed E-state index contributed by atoms with van der Waals surface area (Å²) < 4.78 is 6.64. The Kier molecular flexibility index (Phi) is 4.32. The molecule has 0 saturated carbocycles. The molecule has 0 bridgehead atoms. The van der Waals surface area contributed by atoms with Crippen molar-refractivity contribution in [2.75, 3.05) is 6.61 Å². The van der Waals surface area contributed by atoms with Crippen LogP contribution in [0.1, 0.15) is 34.7 Å². The molecule has 2 N–H and O–H groups in total. The Morgan fingerprint density at radius 3 is 2.90 bits per heavy atom. The molecule has 110 valence electrons. The molecular weight excluding hydrogens is 326 g/mol. The van der Waals surface area contributed by atoms with Gasteiger partial charge >= 0.3 is 0 Å². The topological polar surface area (TPSA) is 35.2 Å². The van der Waals surface area contributed by atoms with Crippen LogP contribution in [0.2, 0.25) is 0 Å². The lowest BCUT2D eigenvalue weighted by atomic mass is 9.97. The van der Waals surface area contributed by atoms with E-state index < -0.39 is 0 Å². The normalized spacial score (nSPS) is 14.6. The van der Waals surface area contributed by atoms with Crippen molar-refractivity contribution in [3.63, 3.8) is 0 Å². The van der Waals surface area contributed by atoms with Crippen LogP contribution < -0.4 is 10.5 Å². The standard InChI is InChI=1S/C18H20BrNO/c1-12-8-15(11-16(19)9-12)17(20)4-2-13-3-5-18-14(10-13)6-7-21-18/h3,5,8-11,17H,2,4,6-7,20H2,1H3. The second kappa shape index (κ2) is 6.20. The van der Waals surface area contributed by atoms with E-state index in [0.717, 1.165) is 36.1 Å². The van der Waals surface area contributed by atoms with Gasteiger partial charge in [0.25, 0.3) is 0 Å². The average Bonchev–Trinajstić information content (AvgIpc) is 2.91. The van der Waals surface area contributed by atoms with Crippen molar-refractivity contribution in [3.8, 4) is 5.75 Å². The van der Waals surface area contributed by atoms with Gasteiger partial charge in [-0.25, -0.2) is 0 Å². The van der Waals surface area contributed by atoms with E-state index in [1.54, 1.807) is 0 Å². The number of aryl methyl sites for hydroxylation is 2. The highest BCUT2D eigenvalue weighted by atomic mass is 79.9. The largest absolute Gasteiger partial charge is 0.493 e. The monoisotopic (exact) mass is 345 g/mol. The van der Waals surface area contributed by atoms with Gasteiger partial charge in [0.2, 0.25) is 0 Å².